The van der Waals surface area contributed by atoms with Crippen LogP contribution in [0.1, 0.15) is 79.5 Å². The van der Waals surface area contributed by atoms with Gasteiger partial charge in [0.1, 0.15) is 0 Å². The Hall–Kier alpha value is -3.94. The molecular weight excluding hydrogens is 659 g/mol. The van der Waals surface area contributed by atoms with E-state index in [1.807, 2.05) is 0 Å². The van der Waals surface area contributed by atoms with Gasteiger partial charge in [-0.25, -0.2) is 13.4 Å². The number of thiazole rings is 1. The molecule has 0 spiro atoms. The topological polar surface area (TPSA) is 132 Å². The third-order valence-corrected chi connectivity index (χ3v) is 11.1. The summed E-state index contributed by atoms with van der Waals surface area (Å²) in [4.78, 5) is 43.6. The number of hydrogen-bond acceptors (Lipinski definition) is 10. The number of amides is 2. The zero-order valence-corrected chi connectivity index (χ0v) is 28.8. The van der Waals surface area contributed by atoms with E-state index >= 15 is 0 Å². The highest BCUT2D eigenvalue weighted by Crippen LogP contribution is 2.38. The van der Waals surface area contributed by atoms with Gasteiger partial charge in [-0.15, -0.1) is 11.3 Å². The van der Waals surface area contributed by atoms with E-state index in [9.17, 15) is 22.8 Å². The number of benzene rings is 3. The smallest absolute Gasteiger partial charge is 0.311 e. The third-order valence-electron chi connectivity index (χ3n) is 7.51. The molecule has 0 aliphatic carbocycles. The summed E-state index contributed by atoms with van der Waals surface area (Å²) in [5, 5.41) is 0. The highest BCUT2D eigenvalue weighted by Gasteiger charge is 2.34. The van der Waals surface area contributed by atoms with Gasteiger partial charge >= 0.3 is 5.97 Å². The SMILES string of the molecule is CCCCCCCSc1nc2ccc(S(=O)(=O)Nc3cccc(OCCCN4C(=O)c5ccccc5C4=O)c3OC(=O)CC)cc2s1. The maximum Gasteiger partial charge on any atom is 0.311 e. The number of para-hydroxylation sites is 1. The molecule has 0 saturated heterocycles. The van der Waals surface area contributed by atoms with Crippen LogP contribution >= 0.6 is 23.1 Å². The van der Waals surface area contributed by atoms with Crippen molar-refractivity contribution in [3.63, 3.8) is 0 Å². The maximum absolute atomic E-state index is 13.5. The number of sulfonamides is 1. The van der Waals surface area contributed by atoms with E-state index in [0.717, 1.165) is 26.7 Å². The van der Waals surface area contributed by atoms with Crippen molar-refractivity contribution in [1.82, 2.24) is 9.88 Å². The number of fused-ring (bicyclic) bond motifs is 2. The zero-order valence-electron chi connectivity index (χ0n) is 26.3. The molecule has 0 atom stereocenters. The summed E-state index contributed by atoms with van der Waals surface area (Å²) in [6, 6.07) is 16.1. The lowest BCUT2D eigenvalue weighted by atomic mass is 10.1. The minimum atomic E-state index is -4.09. The van der Waals surface area contributed by atoms with Crippen LogP contribution in [0.3, 0.4) is 0 Å². The summed E-state index contributed by atoms with van der Waals surface area (Å²) >= 11 is 3.15. The molecule has 1 aromatic heterocycles. The van der Waals surface area contributed by atoms with Crippen LogP contribution in [0.2, 0.25) is 0 Å². The quantitative estimate of drug-likeness (QED) is 0.0391. The number of carbonyl (C=O) groups is 3. The molecule has 248 valence electrons. The second-order valence-electron chi connectivity index (χ2n) is 10.9. The minimum absolute atomic E-state index is 0.0355. The number of imide groups is 1. The first-order valence-corrected chi connectivity index (χ1v) is 19.0. The lowest BCUT2D eigenvalue weighted by Crippen LogP contribution is -2.31. The number of thioether (sulfide) groups is 1. The van der Waals surface area contributed by atoms with E-state index in [-0.39, 0.29) is 53.5 Å². The predicted octanol–water partition coefficient (Wildman–Crippen LogP) is 7.54. The van der Waals surface area contributed by atoms with Gasteiger partial charge < -0.3 is 9.47 Å². The van der Waals surface area contributed by atoms with E-state index in [1.54, 1.807) is 67.2 Å². The maximum atomic E-state index is 13.5. The number of nitrogens with one attached hydrogen (secondary N) is 1. The van der Waals surface area contributed by atoms with E-state index in [0.29, 0.717) is 17.5 Å². The van der Waals surface area contributed by atoms with Crippen LogP contribution in [0.25, 0.3) is 10.2 Å². The molecule has 4 aromatic rings. The summed E-state index contributed by atoms with van der Waals surface area (Å²) in [5.74, 6) is -0.248. The number of esters is 1. The number of nitrogens with zero attached hydrogens (tertiary/aromatic N) is 2. The van der Waals surface area contributed by atoms with Crippen molar-refractivity contribution in [3.8, 4) is 11.5 Å². The Balaban J connectivity index is 1.26. The molecule has 0 bridgehead atoms. The number of rotatable bonds is 17. The van der Waals surface area contributed by atoms with Crippen molar-refractivity contribution in [3.05, 3.63) is 71.8 Å². The van der Waals surface area contributed by atoms with E-state index in [1.165, 1.54) is 54.1 Å². The lowest BCUT2D eigenvalue weighted by Gasteiger charge is -2.17. The summed E-state index contributed by atoms with van der Waals surface area (Å²) in [5.41, 5.74) is 1.51. The Labute approximate surface area is 282 Å². The van der Waals surface area contributed by atoms with Gasteiger partial charge in [-0.3, -0.25) is 24.0 Å². The average Bonchev–Trinajstić information content (AvgIpc) is 3.59. The van der Waals surface area contributed by atoms with E-state index < -0.39 is 16.0 Å². The van der Waals surface area contributed by atoms with Crippen LogP contribution < -0.4 is 14.2 Å². The molecule has 0 radical (unpaired) electrons. The van der Waals surface area contributed by atoms with Gasteiger partial charge in [-0.1, -0.05) is 69.5 Å². The lowest BCUT2D eigenvalue weighted by molar-refractivity contribution is -0.134. The zero-order chi connectivity index (χ0) is 33.4. The van der Waals surface area contributed by atoms with Crippen LogP contribution in [0.4, 0.5) is 5.69 Å². The fourth-order valence-electron chi connectivity index (χ4n) is 5.03. The van der Waals surface area contributed by atoms with Crippen LogP contribution in [-0.4, -0.2) is 55.0 Å². The molecule has 0 saturated carbocycles. The monoisotopic (exact) mass is 695 g/mol. The van der Waals surface area contributed by atoms with Crippen molar-refractivity contribution in [2.75, 3.05) is 23.6 Å². The molecule has 1 N–H and O–H groups in total. The molecular formula is C34H37N3O7S3. The minimum Gasteiger partial charge on any atom is -0.490 e. The summed E-state index contributed by atoms with van der Waals surface area (Å²) in [6.07, 6.45) is 6.36. The average molecular weight is 696 g/mol. The molecule has 47 heavy (non-hydrogen) atoms. The van der Waals surface area contributed by atoms with E-state index in [4.69, 9.17) is 9.47 Å². The fraction of sp³-hybridized carbons (Fsp3) is 0.353. The third kappa shape index (κ3) is 8.32. The Morgan fingerprint density at radius 2 is 1.68 bits per heavy atom. The van der Waals surface area contributed by atoms with Gasteiger partial charge in [0.2, 0.25) is 0 Å². The van der Waals surface area contributed by atoms with Crippen molar-refractivity contribution < 1.29 is 32.3 Å². The number of hydrogen-bond donors (Lipinski definition) is 1. The molecule has 2 amide bonds. The molecule has 0 fully saturated rings. The molecule has 0 unspecified atom stereocenters. The molecule has 1 aliphatic rings. The number of aromatic nitrogens is 1. The molecule has 3 aromatic carbocycles. The van der Waals surface area contributed by atoms with Gasteiger partial charge in [0.25, 0.3) is 21.8 Å². The van der Waals surface area contributed by atoms with Crippen LogP contribution in [-0.2, 0) is 14.8 Å². The van der Waals surface area contributed by atoms with Crippen molar-refractivity contribution in [2.45, 2.75) is 68.0 Å². The summed E-state index contributed by atoms with van der Waals surface area (Å²) < 4.78 is 42.7. The Kier molecular flexibility index (Phi) is 11.5. The second kappa shape index (κ2) is 15.8. The van der Waals surface area contributed by atoms with Crippen molar-refractivity contribution >= 4 is 66.8 Å². The first-order chi connectivity index (χ1) is 22.7. The number of anilines is 1. The first kappa shape index (κ1) is 34.4. The Morgan fingerprint density at radius 3 is 2.40 bits per heavy atom. The largest absolute Gasteiger partial charge is 0.490 e. The Bertz CT molecular complexity index is 1840. The van der Waals surface area contributed by atoms with Gasteiger partial charge in [0.15, 0.2) is 15.8 Å². The van der Waals surface area contributed by atoms with Gasteiger partial charge in [-0.2, -0.15) is 0 Å². The number of carbonyl (C=O) groups excluding carboxylic acids is 3. The summed E-state index contributed by atoms with van der Waals surface area (Å²) in [6.45, 7) is 4.02. The van der Waals surface area contributed by atoms with Crippen molar-refractivity contribution in [1.29, 1.82) is 0 Å². The first-order valence-electron chi connectivity index (χ1n) is 15.7. The van der Waals surface area contributed by atoms with Crippen LogP contribution in [0.15, 0.2) is 69.9 Å². The van der Waals surface area contributed by atoms with Gasteiger partial charge in [0, 0.05) is 18.7 Å². The Morgan fingerprint density at radius 1 is 0.936 bits per heavy atom. The van der Waals surface area contributed by atoms with Crippen LogP contribution in [0.5, 0.6) is 11.5 Å². The highest BCUT2D eigenvalue weighted by atomic mass is 32.2. The standard InChI is InChI=1S/C34H37N3O7S3/c1-3-5-6-7-10-21-45-34-35-26-18-17-23(22-29(26)46-34)47(41,42)36-27-15-11-16-28(31(27)44-30(38)4-2)43-20-12-19-37-32(39)24-13-8-9-14-25(24)33(37)40/h8-9,11,13-18,22,36H,3-7,10,12,19-21H2,1-2H3. The molecule has 10 nitrogen and oxygen atoms in total. The van der Waals surface area contributed by atoms with Crippen LogP contribution in [0, 0.1) is 0 Å². The molecule has 13 heteroatoms. The highest BCUT2D eigenvalue weighted by molar-refractivity contribution is 8.01. The fourth-order valence-corrected chi connectivity index (χ4v) is 8.37. The molecule has 1 aliphatic heterocycles. The second-order valence-corrected chi connectivity index (χ2v) is 15.0. The number of ether oxygens (including phenoxy) is 2. The summed E-state index contributed by atoms with van der Waals surface area (Å²) in [7, 11) is -4.09. The van der Waals surface area contributed by atoms with Gasteiger partial charge in [0.05, 0.1) is 38.5 Å². The number of unbranched alkanes of at least 4 members (excludes halogenated alkanes) is 4. The molecule has 2 heterocycles. The molecule has 5 rings (SSSR count). The predicted molar refractivity (Wildman–Crippen MR) is 184 cm³/mol. The van der Waals surface area contributed by atoms with Gasteiger partial charge in [-0.05, 0) is 55.3 Å². The normalized spacial score (nSPS) is 12.9. The van der Waals surface area contributed by atoms with Crippen molar-refractivity contribution in [2.24, 2.45) is 0 Å². The van der Waals surface area contributed by atoms with E-state index in [2.05, 4.69) is 16.6 Å².